The van der Waals surface area contributed by atoms with Crippen molar-refractivity contribution in [2.24, 2.45) is 11.7 Å². The summed E-state index contributed by atoms with van der Waals surface area (Å²) in [6, 6.07) is -8.18. The molecule has 0 aromatic carbocycles. The molecule has 1 fully saturated rings. The molecule has 6 atom stereocenters. The Kier molecular flexibility index (Phi) is 13.6. The van der Waals surface area contributed by atoms with Crippen LogP contribution in [-0.2, 0) is 44.8 Å². The molecule has 0 saturated carbocycles. The first-order valence-electron chi connectivity index (χ1n) is 14.4. The Bertz CT molecular complexity index is 1300. The van der Waals surface area contributed by atoms with Crippen LogP contribution in [0.4, 0.5) is 0 Å². The zero-order valence-electron chi connectivity index (χ0n) is 25.5. The maximum atomic E-state index is 13.5. The number of nitrogens with one attached hydrogen (secondary N) is 5. The van der Waals surface area contributed by atoms with E-state index in [0.717, 1.165) is 0 Å². The van der Waals surface area contributed by atoms with Crippen LogP contribution in [0.1, 0.15) is 52.1 Å². The van der Waals surface area contributed by atoms with Gasteiger partial charge in [-0.1, -0.05) is 13.8 Å². The minimum atomic E-state index is -1.71. The molecule has 2 heterocycles. The molecule has 1 aromatic heterocycles. The molecule has 1 aromatic rings. The molecule has 0 bridgehead atoms. The normalized spacial score (nSPS) is 17.6. The number of rotatable bonds is 17. The molecule has 1 aliphatic rings. The SMILES string of the molecule is CC(C)[C@H](NC(=O)[C@@H](N)CC(=O)O)C(=O)N1CCC[C@H]1C(=O)N[C@@H](CC(=O)O)C(=O)N[C@@H](Cc1c[nH]cn1)C(=O)N[C@@H](C)C(=O)O. The summed E-state index contributed by atoms with van der Waals surface area (Å²) < 4.78 is 0. The number of carbonyl (C=O) groups excluding carboxylic acids is 5. The van der Waals surface area contributed by atoms with Gasteiger partial charge in [0.2, 0.25) is 29.5 Å². The number of H-pyrrole nitrogens is 1. The first kappa shape index (κ1) is 37.1. The van der Waals surface area contributed by atoms with Crippen LogP contribution in [0.3, 0.4) is 0 Å². The lowest BCUT2D eigenvalue weighted by Gasteiger charge is -2.31. The van der Waals surface area contributed by atoms with Crippen molar-refractivity contribution in [3.8, 4) is 0 Å². The quantitative estimate of drug-likeness (QED) is 0.0807. The van der Waals surface area contributed by atoms with Crippen molar-refractivity contribution in [2.45, 2.75) is 89.1 Å². The fourth-order valence-electron chi connectivity index (χ4n) is 4.66. The highest BCUT2D eigenvalue weighted by atomic mass is 16.4. The van der Waals surface area contributed by atoms with Crippen molar-refractivity contribution in [2.75, 3.05) is 6.54 Å². The van der Waals surface area contributed by atoms with Crippen molar-refractivity contribution in [3.63, 3.8) is 0 Å². The number of aromatic nitrogens is 2. The van der Waals surface area contributed by atoms with Gasteiger partial charge in [-0.2, -0.15) is 0 Å². The molecule has 1 aliphatic heterocycles. The van der Waals surface area contributed by atoms with Crippen LogP contribution >= 0.6 is 0 Å². The smallest absolute Gasteiger partial charge is 0.325 e. The van der Waals surface area contributed by atoms with Gasteiger partial charge in [0.05, 0.1) is 30.9 Å². The van der Waals surface area contributed by atoms with E-state index in [2.05, 4.69) is 31.2 Å². The number of amides is 5. The third-order valence-corrected chi connectivity index (χ3v) is 7.14. The van der Waals surface area contributed by atoms with Gasteiger partial charge in [-0.3, -0.25) is 38.4 Å². The average molecular weight is 653 g/mol. The maximum Gasteiger partial charge on any atom is 0.325 e. The topological polar surface area (TPSA) is 303 Å². The van der Waals surface area contributed by atoms with Crippen molar-refractivity contribution < 1.29 is 53.7 Å². The Morgan fingerprint density at radius 2 is 1.54 bits per heavy atom. The summed E-state index contributed by atoms with van der Waals surface area (Å²) in [6.45, 7) is 4.55. The van der Waals surface area contributed by atoms with Gasteiger partial charge in [0.15, 0.2) is 0 Å². The van der Waals surface area contributed by atoms with Gasteiger partial charge in [0, 0.05) is 19.2 Å². The van der Waals surface area contributed by atoms with Gasteiger partial charge in [-0.15, -0.1) is 0 Å². The van der Waals surface area contributed by atoms with Crippen LogP contribution in [-0.4, -0.2) is 120 Å². The number of nitrogens with two attached hydrogens (primary N) is 1. The molecule has 0 aliphatic carbocycles. The molecule has 1 saturated heterocycles. The Hall–Kier alpha value is -5.07. The molecular weight excluding hydrogens is 612 g/mol. The summed E-state index contributed by atoms with van der Waals surface area (Å²) in [5.41, 5.74) is 5.94. The number of hydrogen-bond donors (Lipinski definition) is 9. The zero-order valence-corrected chi connectivity index (χ0v) is 25.5. The molecule has 10 N–H and O–H groups in total. The van der Waals surface area contributed by atoms with Crippen LogP contribution in [0, 0.1) is 5.92 Å². The fraction of sp³-hybridized carbons (Fsp3) is 0.593. The second-order valence-electron chi connectivity index (χ2n) is 11.2. The highest BCUT2D eigenvalue weighted by Gasteiger charge is 2.40. The number of hydrogen-bond acceptors (Lipinski definition) is 10. The Labute approximate surface area is 263 Å². The summed E-state index contributed by atoms with van der Waals surface area (Å²) in [5, 5.41) is 36.9. The zero-order chi connectivity index (χ0) is 34.7. The summed E-state index contributed by atoms with van der Waals surface area (Å²) in [4.78, 5) is 107. The lowest BCUT2D eigenvalue weighted by molar-refractivity contribution is -0.145. The minimum Gasteiger partial charge on any atom is -0.481 e. The summed E-state index contributed by atoms with van der Waals surface area (Å²) >= 11 is 0. The second kappa shape index (κ2) is 16.8. The Balaban J connectivity index is 2.22. The number of carboxylic acids is 3. The molecule has 2 rings (SSSR count). The largest absolute Gasteiger partial charge is 0.481 e. The van der Waals surface area contributed by atoms with E-state index >= 15 is 0 Å². The first-order valence-corrected chi connectivity index (χ1v) is 14.4. The predicted molar refractivity (Wildman–Crippen MR) is 155 cm³/mol. The molecule has 5 amide bonds. The number of aliphatic carboxylic acids is 3. The number of aromatic amines is 1. The summed E-state index contributed by atoms with van der Waals surface area (Å²) in [5.74, 6) is -8.98. The van der Waals surface area contributed by atoms with E-state index in [-0.39, 0.29) is 19.4 Å². The van der Waals surface area contributed by atoms with Crippen molar-refractivity contribution in [1.82, 2.24) is 36.1 Å². The highest BCUT2D eigenvalue weighted by Crippen LogP contribution is 2.21. The monoisotopic (exact) mass is 652 g/mol. The number of nitrogens with zero attached hydrogens (tertiary/aromatic N) is 2. The van der Waals surface area contributed by atoms with Gasteiger partial charge in [-0.05, 0) is 25.7 Å². The number of imidazole rings is 1. The molecule has 0 radical (unpaired) electrons. The first-order chi connectivity index (χ1) is 21.5. The van der Waals surface area contributed by atoms with E-state index < -0.39 is 102 Å². The van der Waals surface area contributed by atoms with Gasteiger partial charge in [-0.25, -0.2) is 4.98 Å². The summed E-state index contributed by atoms with van der Waals surface area (Å²) in [6.07, 6.45) is 1.49. The predicted octanol–water partition coefficient (Wildman–Crippen LogP) is -3.08. The van der Waals surface area contributed by atoms with Crippen LogP contribution in [0.25, 0.3) is 0 Å². The highest BCUT2D eigenvalue weighted by molar-refractivity contribution is 5.98. The maximum absolute atomic E-state index is 13.5. The number of carboxylic acid groups (broad SMARTS) is 3. The lowest BCUT2D eigenvalue weighted by Crippen LogP contribution is -2.60. The van der Waals surface area contributed by atoms with Crippen molar-refractivity contribution >= 4 is 47.4 Å². The van der Waals surface area contributed by atoms with Gasteiger partial charge >= 0.3 is 17.9 Å². The number of carbonyl (C=O) groups is 8. The fourth-order valence-corrected chi connectivity index (χ4v) is 4.66. The molecule has 46 heavy (non-hydrogen) atoms. The van der Waals surface area contributed by atoms with Crippen LogP contribution in [0.5, 0.6) is 0 Å². The standard InChI is InChI=1S/C27H40N8O11/c1-12(2)21(34-22(40)15(28)8-19(36)37)26(44)35-6-4-5-18(35)25(43)33-17(9-20(38)39)24(42)32-16(7-14-10-29-11-30-14)23(41)31-13(3)27(45)46/h10-13,15-18,21H,4-9,28H2,1-3H3,(H,29,30)(H,31,41)(H,32,42)(H,33,43)(H,34,40)(H,36,37)(H,38,39)(H,45,46)/t13-,15-,16-,17-,18-,21-/m0/s1. The van der Waals surface area contributed by atoms with E-state index in [1.54, 1.807) is 13.8 Å². The molecule has 19 heteroatoms. The Morgan fingerprint density at radius 1 is 0.913 bits per heavy atom. The molecule has 19 nitrogen and oxygen atoms in total. The number of likely N-dealkylation sites (tertiary alicyclic amines) is 1. The van der Waals surface area contributed by atoms with Crippen LogP contribution < -0.4 is 27.0 Å². The van der Waals surface area contributed by atoms with Crippen molar-refractivity contribution in [3.05, 3.63) is 18.2 Å². The average Bonchev–Trinajstić information content (AvgIpc) is 3.66. The third kappa shape index (κ3) is 10.8. The van der Waals surface area contributed by atoms with E-state index in [1.165, 1.54) is 24.3 Å². The van der Waals surface area contributed by atoms with Gasteiger partial charge in [0.1, 0.15) is 30.2 Å². The molecule has 0 spiro atoms. The van der Waals surface area contributed by atoms with E-state index in [1.807, 2.05) is 0 Å². The van der Waals surface area contributed by atoms with E-state index in [4.69, 9.17) is 15.9 Å². The Morgan fingerprint density at radius 3 is 2.09 bits per heavy atom. The second-order valence-corrected chi connectivity index (χ2v) is 11.2. The third-order valence-electron chi connectivity index (χ3n) is 7.14. The van der Waals surface area contributed by atoms with E-state index in [9.17, 15) is 43.5 Å². The molecular formula is C27H40N8O11. The van der Waals surface area contributed by atoms with Crippen molar-refractivity contribution in [1.29, 1.82) is 0 Å². The molecule has 0 unspecified atom stereocenters. The van der Waals surface area contributed by atoms with Gasteiger partial charge < -0.3 is 52.2 Å². The minimum absolute atomic E-state index is 0.0979. The lowest BCUT2D eigenvalue weighted by atomic mass is 10.0. The van der Waals surface area contributed by atoms with Crippen LogP contribution in [0.2, 0.25) is 0 Å². The van der Waals surface area contributed by atoms with E-state index in [0.29, 0.717) is 12.1 Å². The van der Waals surface area contributed by atoms with Crippen LogP contribution in [0.15, 0.2) is 12.5 Å². The summed E-state index contributed by atoms with van der Waals surface area (Å²) in [7, 11) is 0. The van der Waals surface area contributed by atoms with Gasteiger partial charge in [0.25, 0.3) is 0 Å². The molecule has 254 valence electrons.